The first-order chi connectivity index (χ1) is 12.6. The Bertz CT molecular complexity index is 741. The highest BCUT2D eigenvalue weighted by Gasteiger charge is 2.44. The molecule has 1 aromatic heterocycles. The number of anilines is 1. The summed E-state index contributed by atoms with van der Waals surface area (Å²) >= 11 is 0. The molecule has 152 valence electrons. The van der Waals surface area contributed by atoms with Gasteiger partial charge in [0.15, 0.2) is 6.23 Å². The number of carbonyl (C=O) groups excluding carboxylic acids is 1. The topological polar surface area (TPSA) is 160 Å². The van der Waals surface area contributed by atoms with Gasteiger partial charge >= 0.3 is 17.8 Å². The smallest absolute Gasteiger partial charge is 0.394 e. The van der Waals surface area contributed by atoms with Crippen LogP contribution in [0.5, 0.6) is 0 Å². The summed E-state index contributed by atoms with van der Waals surface area (Å²) in [6, 6.07) is 0. The highest BCUT2D eigenvalue weighted by molar-refractivity contribution is 5.81. The maximum atomic E-state index is 12.1. The summed E-state index contributed by atoms with van der Waals surface area (Å²) < 4.78 is 42.4. The number of carbonyl (C=O) groups is 1. The molecule has 13 heteroatoms. The third-order valence-corrected chi connectivity index (χ3v) is 4.02. The van der Waals surface area contributed by atoms with Crippen molar-refractivity contribution < 1.29 is 38.0 Å². The lowest BCUT2D eigenvalue weighted by atomic mass is 10.1. The van der Waals surface area contributed by atoms with Crippen LogP contribution < -0.4 is 16.7 Å². The molecule has 2 rings (SSSR count). The van der Waals surface area contributed by atoms with E-state index in [0.717, 1.165) is 4.57 Å². The Morgan fingerprint density at radius 1 is 1.37 bits per heavy atom. The number of aromatic nitrogens is 2. The van der Waals surface area contributed by atoms with Crippen LogP contribution in [0, 0.1) is 0 Å². The van der Waals surface area contributed by atoms with Crippen molar-refractivity contribution in [2.75, 3.05) is 18.9 Å². The molecule has 1 aliphatic rings. The Kier molecular flexibility index (Phi) is 6.41. The number of aryl methyl sites for hydroxylation is 1. The summed E-state index contributed by atoms with van der Waals surface area (Å²) in [5.41, 5.74) is 5.02. The Morgan fingerprint density at radius 2 is 2.04 bits per heavy atom. The average Bonchev–Trinajstić information content (AvgIpc) is 2.87. The molecule has 0 spiro atoms. The van der Waals surface area contributed by atoms with Gasteiger partial charge in [0.05, 0.1) is 6.61 Å². The lowest BCUT2D eigenvalue weighted by molar-refractivity contribution is -0.173. The van der Waals surface area contributed by atoms with Crippen LogP contribution in [-0.2, 0) is 16.0 Å². The van der Waals surface area contributed by atoms with E-state index in [1.807, 2.05) is 0 Å². The first-order valence-corrected chi connectivity index (χ1v) is 7.91. The van der Waals surface area contributed by atoms with Crippen LogP contribution in [0.1, 0.15) is 18.2 Å². The Hall–Kier alpha value is -2.22. The first-order valence-electron chi connectivity index (χ1n) is 7.91. The van der Waals surface area contributed by atoms with Crippen molar-refractivity contribution in [3.63, 3.8) is 0 Å². The minimum Gasteiger partial charge on any atom is -0.394 e. The van der Waals surface area contributed by atoms with E-state index in [4.69, 9.17) is 15.6 Å². The van der Waals surface area contributed by atoms with Crippen LogP contribution in [0.2, 0.25) is 0 Å². The number of aliphatic hydroxyl groups is 3. The second kappa shape index (κ2) is 8.21. The minimum absolute atomic E-state index is 0.0713. The fraction of sp³-hybridized carbons (Fsp3) is 0.643. The zero-order valence-electron chi connectivity index (χ0n) is 13.9. The number of rotatable bonds is 6. The van der Waals surface area contributed by atoms with Crippen molar-refractivity contribution in [3.8, 4) is 0 Å². The fourth-order valence-electron chi connectivity index (χ4n) is 2.59. The number of nitrogens with one attached hydrogen (secondary N) is 1. The molecule has 27 heavy (non-hydrogen) atoms. The number of alkyl halides is 3. The molecule has 1 amide bonds. The van der Waals surface area contributed by atoms with E-state index in [9.17, 15) is 33.0 Å². The monoisotopic (exact) mass is 396 g/mol. The summed E-state index contributed by atoms with van der Waals surface area (Å²) in [4.78, 5) is 26.3. The number of halogens is 3. The molecule has 1 fully saturated rings. The van der Waals surface area contributed by atoms with Crippen molar-refractivity contribution >= 4 is 11.7 Å². The molecule has 0 aromatic carbocycles. The molecule has 10 nitrogen and oxygen atoms in total. The average molecular weight is 396 g/mol. The van der Waals surface area contributed by atoms with E-state index in [1.54, 1.807) is 5.32 Å². The van der Waals surface area contributed by atoms with Gasteiger partial charge in [0.25, 0.3) is 0 Å². The van der Waals surface area contributed by atoms with E-state index >= 15 is 0 Å². The number of hydrogen-bond acceptors (Lipinski definition) is 8. The van der Waals surface area contributed by atoms with Gasteiger partial charge in [-0.25, -0.2) is 4.79 Å². The molecule has 0 radical (unpaired) electrons. The normalized spacial score (nSPS) is 25.6. The number of aliphatic hydroxyl groups excluding tert-OH is 3. The zero-order valence-corrected chi connectivity index (χ0v) is 13.9. The zero-order chi connectivity index (χ0) is 20.4. The van der Waals surface area contributed by atoms with Crippen LogP contribution in [0.4, 0.5) is 19.0 Å². The first kappa shape index (κ1) is 21.1. The lowest BCUT2D eigenvalue weighted by Gasteiger charge is -2.18. The van der Waals surface area contributed by atoms with Gasteiger partial charge in [-0.1, -0.05) is 0 Å². The van der Waals surface area contributed by atoms with Gasteiger partial charge in [0.1, 0.15) is 24.1 Å². The number of hydrogen-bond donors (Lipinski definition) is 5. The predicted octanol–water partition coefficient (Wildman–Crippen LogP) is -1.95. The maximum absolute atomic E-state index is 12.1. The van der Waals surface area contributed by atoms with E-state index < -0.39 is 48.9 Å². The maximum Gasteiger partial charge on any atom is 0.471 e. The molecular formula is C14H19F3N4O6. The predicted molar refractivity (Wildman–Crippen MR) is 83.3 cm³/mol. The van der Waals surface area contributed by atoms with Gasteiger partial charge < -0.3 is 31.1 Å². The van der Waals surface area contributed by atoms with Crippen molar-refractivity contribution in [2.45, 2.75) is 43.6 Å². The van der Waals surface area contributed by atoms with Crippen molar-refractivity contribution in [1.29, 1.82) is 0 Å². The van der Waals surface area contributed by atoms with Gasteiger partial charge in [0.2, 0.25) is 0 Å². The molecule has 1 aromatic rings. The van der Waals surface area contributed by atoms with Crippen LogP contribution in [0.25, 0.3) is 0 Å². The number of nitrogen functional groups attached to an aromatic ring is 1. The third-order valence-electron chi connectivity index (χ3n) is 4.02. The number of ether oxygens (including phenoxy) is 1. The standard InChI is InChI=1S/C14H19F3N4O6/c15-14(16,17)12(25)19-3-1-2-6-4-21(13(26)20-10(6)18)11-9(24)8(23)7(5-22)27-11/h4,7-9,11,22-24H,1-3,5H2,(H,19,25)(H2,18,20,26)/t7-,8-,9-,11-/m1/s1. The van der Waals surface area contributed by atoms with Crippen LogP contribution >= 0.6 is 0 Å². The minimum atomic E-state index is -4.98. The van der Waals surface area contributed by atoms with E-state index in [-0.39, 0.29) is 30.8 Å². The van der Waals surface area contributed by atoms with Gasteiger partial charge in [0, 0.05) is 18.3 Å². The Balaban J connectivity index is 2.08. The van der Waals surface area contributed by atoms with Crippen molar-refractivity contribution in [2.24, 2.45) is 0 Å². The number of nitrogens with zero attached hydrogens (tertiary/aromatic N) is 2. The Labute approximate surface area is 150 Å². The summed E-state index contributed by atoms with van der Waals surface area (Å²) in [6.07, 6.45) is -8.98. The molecule has 1 saturated heterocycles. The molecule has 2 heterocycles. The summed E-state index contributed by atoms with van der Waals surface area (Å²) in [5.74, 6) is -2.23. The van der Waals surface area contributed by atoms with E-state index in [1.165, 1.54) is 6.20 Å². The largest absolute Gasteiger partial charge is 0.471 e. The summed E-state index contributed by atoms with van der Waals surface area (Å²) in [5, 5.41) is 30.6. The molecular weight excluding hydrogens is 377 g/mol. The van der Waals surface area contributed by atoms with Crippen molar-refractivity contribution in [1.82, 2.24) is 14.9 Å². The molecule has 4 atom stereocenters. The quantitative estimate of drug-likeness (QED) is 0.347. The third kappa shape index (κ3) is 4.74. The van der Waals surface area contributed by atoms with Gasteiger partial charge in [-0.3, -0.25) is 9.36 Å². The fourth-order valence-corrected chi connectivity index (χ4v) is 2.59. The van der Waals surface area contributed by atoms with Crippen molar-refractivity contribution in [3.05, 3.63) is 22.2 Å². The molecule has 0 aliphatic carbocycles. The van der Waals surface area contributed by atoms with Crippen LogP contribution in [-0.4, -0.2) is 68.4 Å². The van der Waals surface area contributed by atoms with Gasteiger partial charge in [-0.15, -0.1) is 0 Å². The summed E-state index contributed by atoms with van der Waals surface area (Å²) in [6.45, 7) is -0.873. The van der Waals surface area contributed by atoms with E-state index in [2.05, 4.69) is 4.98 Å². The SMILES string of the molecule is Nc1nc(=O)n([C@@H]2O[C@H](CO)[C@@H](O)[C@H]2O)cc1CCCNC(=O)C(F)(F)F. The van der Waals surface area contributed by atoms with Crippen LogP contribution in [0.3, 0.4) is 0 Å². The van der Waals surface area contributed by atoms with Gasteiger partial charge in [-0.05, 0) is 12.8 Å². The number of nitrogens with two attached hydrogens (primary N) is 1. The van der Waals surface area contributed by atoms with Crippen LogP contribution in [0.15, 0.2) is 11.0 Å². The highest BCUT2D eigenvalue weighted by atomic mass is 19.4. The molecule has 6 N–H and O–H groups in total. The highest BCUT2D eigenvalue weighted by Crippen LogP contribution is 2.28. The molecule has 0 unspecified atom stereocenters. The second-order valence-electron chi connectivity index (χ2n) is 5.93. The molecule has 1 aliphatic heterocycles. The molecule has 0 bridgehead atoms. The number of amides is 1. The Morgan fingerprint density at radius 3 is 2.59 bits per heavy atom. The second-order valence-corrected chi connectivity index (χ2v) is 5.93. The molecule has 0 saturated carbocycles. The van der Waals surface area contributed by atoms with Gasteiger partial charge in [-0.2, -0.15) is 18.2 Å². The lowest BCUT2D eigenvalue weighted by Crippen LogP contribution is -2.37. The summed E-state index contributed by atoms with van der Waals surface area (Å²) in [7, 11) is 0. The van der Waals surface area contributed by atoms with E-state index in [0.29, 0.717) is 0 Å².